The van der Waals surface area contributed by atoms with Crippen molar-refractivity contribution >= 4 is 11.7 Å². The van der Waals surface area contributed by atoms with Gasteiger partial charge in [0, 0.05) is 57.7 Å². The molecule has 30 heavy (non-hydrogen) atoms. The van der Waals surface area contributed by atoms with E-state index in [0.717, 1.165) is 64.5 Å². The van der Waals surface area contributed by atoms with Gasteiger partial charge in [-0.2, -0.15) is 0 Å². The van der Waals surface area contributed by atoms with Gasteiger partial charge >= 0.3 is 0 Å². The minimum Gasteiger partial charge on any atom is -0.355 e. The quantitative estimate of drug-likeness (QED) is 0.670. The van der Waals surface area contributed by atoms with E-state index in [2.05, 4.69) is 30.4 Å². The van der Waals surface area contributed by atoms with Crippen LogP contribution >= 0.6 is 0 Å². The van der Waals surface area contributed by atoms with Gasteiger partial charge in [-0.25, -0.2) is 9.97 Å². The van der Waals surface area contributed by atoms with Gasteiger partial charge in [0.2, 0.25) is 0 Å². The lowest BCUT2D eigenvalue weighted by molar-refractivity contribution is 0.0948. The normalized spacial score (nSPS) is 18.9. The fourth-order valence-electron chi connectivity index (χ4n) is 4.40. The molecule has 2 aliphatic heterocycles. The van der Waals surface area contributed by atoms with Gasteiger partial charge in [0.15, 0.2) is 0 Å². The Morgan fingerprint density at radius 1 is 1.17 bits per heavy atom. The molecule has 2 aromatic heterocycles. The Morgan fingerprint density at radius 3 is 2.90 bits per heavy atom. The summed E-state index contributed by atoms with van der Waals surface area (Å²) >= 11 is 0. The molecular weight excluding hydrogens is 378 g/mol. The Morgan fingerprint density at radius 2 is 2.07 bits per heavy atom. The molecule has 8 heteroatoms. The molecule has 2 saturated heterocycles. The number of carbonyl (C=O) groups excluding carboxylic acids is 1. The second-order valence-electron chi connectivity index (χ2n) is 8.15. The lowest BCUT2D eigenvalue weighted by Gasteiger charge is -2.33. The lowest BCUT2D eigenvalue weighted by atomic mass is 10.0. The van der Waals surface area contributed by atoms with E-state index in [-0.39, 0.29) is 5.91 Å². The van der Waals surface area contributed by atoms with Gasteiger partial charge in [-0.15, -0.1) is 0 Å². The SMILES string of the molecule is O=C(NCCCn1ccnc1)c1cccc(N2CCCN(C3CCNCC3)CC2)n1. The molecule has 0 aromatic carbocycles. The Labute approximate surface area is 178 Å². The van der Waals surface area contributed by atoms with E-state index in [1.54, 1.807) is 18.6 Å². The molecule has 2 aromatic rings. The van der Waals surface area contributed by atoms with Crippen LogP contribution in [-0.4, -0.2) is 77.2 Å². The maximum atomic E-state index is 12.5. The van der Waals surface area contributed by atoms with Crippen LogP contribution in [0.3, 0.4) is 0 Å². The minimum absolute atomic E-state index is 0.103. The van der Waals surface area contributed by atoms with Crippen LogP contribution in [0.15, 0.2) is 36.9 Å². The van der Waals surface area contributed by atoms with Gasteiger partial charge in [0.25, 0.3) is 5.91 Å². The Hall–Kier alpha value is -2.45. The number of nitrogens with zero attached hydrogens (tertiary/aromatic N) is 5. The Kier molecular flexibility index (Phi) is 7.31. The van der Waals surface area contributed by atoms with Crippen molar-refractivity contribution in [1.29, 1.82) is 0 Å². The number of hydrogen-bond donors (Lipinski definition) is 2. The van der Waals surface area contributed by atoms with Crippen LogP contribution in [0, 0.1) is 0 Å². The third-order valence-electron chi connectivity index (χ3n) is 6.08. The van der Waals surface area contributed by atoms with E-state index < -0.39 is 0 Å². The van der Waals surface area contributed by atoms with E-state index >= 15 is 0 Å². The maximum absolute atomic E-state index is 12.5. The second-order valence-corrected chi connectivity index (χ2v) is 8.15. The monoisotopic (exact) mass is 411 g/mol. The van der Waals surface area contributed by atoms with E-state index in [1.807, 2.05) is 22.9 Å². The minimum atomic E-state index is -0.103. The number of aromatic nitrogens is 3. The smallest absolute Gasteiger partial charge is 0.269 e. The number of rotatable bonds is 7. The molecule has 4 heterocycles. The molecule has 2 N–H and O–H groups in total. The van der Waals surface area contributed by atoms with Crippen LogP contribution < -0.4 is 15.5 Å². The van der Waals surface area contributed by atoms with Crippen LogP contribution in [0.4, 0.5) is 5.82 Å². The first kappa shape index (κ1) is 20.8. The average Bonchev–Trinajstić information content (AvgIpc) is 3.19. The van der Waals surface area contributed by atoms with Crippen molar-refractivity contribution in [3.8, 4) is 0 Å². The van der Waals surface area contributed by atoms with Gasteiger partial charge < -0.3 is 20.1 Å². The molecule has 0 unspecified atom stereocenters. The van der Waals surface area contributed by atoms with Crippen LogP contribution in [0.2, 0.25) is 0 Å². The summed E-state index contributed by atoms with van der Waals surface area (Å²) in [6, 6.07) is 6.47. The number of amides is 1. The highest BCUT2D eigenvalue weighted by atomic mass is 16.1. The van der Waals surface area contributed by atoms with Crippen molar-refractivity contribution < 1.29 is 4.79 Å². The number of anilines is 1. The Bertz CT molecular complexity index is 789. The molecule has 4 rings (SSSR count). The van der Waals surface area contributed by atoms with Gasteiger partial charge in [-0.05, 0) is 50.9 Å². The largest absolute Gasteiger partial charge is 0.355 e. The van der Waals surface area contributed by atoms with Crippen LogP contribution in [0.1, 0.15) is 36.2 Å². The van der Waals surface area contributed by atoms with Crippen LogP contribution in [0.25, 0.3) is 0 Å². The van der Waals surface area contributed by atoms with Crippen molar-refractivity contribution in [2.24, 2.45) is 0 Å². The predicted octanol–water partition coefficient (Wildman–Crippen LogP) is 1.36. The molecule has 2 fully saturated rings. The third kappa shape index (κ3) is 5.58. The second kappa shape index (κ2) is 10.5. The summed E-state index contributed by atoms with van der Waals surface area (Å²) < 4.78 is 2.01. The zero-order chi connectivity index (χ0) is 20.6. The first-order chi connectivity index (χ1) is 14.8. The van der Waals surface area contributed by atoms with Crippen molar-refractivity contribution in [3.05, 3.63) is 42.6 Å². The van der Waals surface area contributed by atoms with Gasteiger partial charge in [-0.3, -0.25) is 9.69 Å². The van der Waals surface area contributed by atoms with E-state index in [1.165, 1.54) is 12.8 Å². The summed E-state index contributed by atoms with van der Waals surface area (Å²) in [7, 11) is 0. The Balaban J connectivity index is 1.28. The molecule has 0 spiro atoms. The first-order valence-electron chi connectivity index (χ1n) is 11.2. The number of imidazole rings is 1. The van der Waals surface area contributed by atoms with Crippen LogP contribution in [0.5, 0.6) is 0 Å². The van der Waals surface area contributed by atoms with Gasteiger partial charge in [0.05, 0.1) is 6.33 Å². The fourth-order valence-corrected chi connectivity index (χ4v) is 4.40. The molecule has 0 bridgehead atoms. The maximum Gasteiger partial charge on any atom is 0.269 e. The summed E-state index contributed by atoms with van der Waals surface area (Å²) in [5.41, 5.74) is 0.495. The highest BCUT2D eigenvalue weighted by molar-refractivity contribution is 5.92. The van der Waals surface area contributed by atoms with Crippen molar-refractivity contribution in [3.63, 3.8) is 0 Å². The number of carbonyl (C=O) groups is 1. The molecule has 2 aliphatic rings. The molecule has 0 atom stereocenters. The van der Waals surface area contributed by atoms with E-state index in [9.17, 15) is 4.79 Å². The zero-order valence-electron chi connectivity index (χ0n) is 17.7. The molecule has 162 valence electrons. The number of nitrogens with one attached hydrogen (secondary N) is 2. The summed E-state index contributed by atoms with van der Waals surface area (Å²) in [6.45, 7) is 7.90. The first-order valence-corrected chi connectivity index (χ1v) is 11.2. The lowest BCUT2D eigenvalue weighted by Crippen LogP contribution is -2.44. The highest BCUT2D eigenvalue weighted by Crippen LogP contribution is 2.18. The molecule has 0 saturated carbocycles. The highest BCUT2D eigenvalue weighted by Gasteiger charge is 2.24. The number of hydrogen-bond acceptors (Lipinski definition) is 6. The molecule has 0 aliphatic carbocycles. The fraction of sp³-hybridized carbons (Fsp3) is 0.591. The van der Waals surface area contributed by atoms with Crippen LogP contribution in [-0.2, 0) is 6.54 Å². The molecule has 1 amide bonds. The molecule has 0 radical (unpaired) electrons. The number of piperidine rings is 1. The van der Waals surface area contributed by atoms with Gasteiger partial charge in [-0.1, -0.05) is 6.07 Å². The van der Waals surface area contributed by atoms with Crippen molar-refractivity contribution in [2.75, 3.05) is 50.7 Å². The topological polar surface area (TPSA) is 78.3 Å². The van der Waals surface area contributed by atoms with Gasteiger partial charge in [0.1, 0.15) is 11.5 Å². The van der Waals surface area contributed by atoms with Crippen molar-refractivity contribution in [2.45, 2.75) is 38.3 Å². The number of pyridine rings is 1. The summed E-state index contributed by atoms with van der Waals surface area (Å²) in [5, 5.41) is 6.44. The summed E-state index contributed by atoms with van der Waals surface area (Å²) in [4.78, 5) is 26.2. The third-order valence-corrected chi connectivity index (χ3v) is 6.08. The average molecular weight is 412 g/mol. The van der Waals surface area contributed by atoms with Crippen molar-refractivity contribution in [1.82, 2.24) is 30.1 Å². The van der Waals surface area contributed by atoms with E-state index in [4.69, 9.17) is 0 Å². The standard InChI is InChI=1S/C22H33N7O/c30-22(25-8-2-12-27-15-11-24-18-27)20-4-1-5-21(26-20)29-14-3-13-28(16-17-29)19-6-9-23-10-7-19/h1,4-5,11,15,18-19,23H,2-3,6-10,12-14,16-17H2,(H,25,30). The summed E-state index contributed by atoms with van der Waals surface area (Å²) in [5.74, 6) is 0.807. The number of aryl methyl sites for hydroxylation is 1. The predicted molar refractivity (Wildman–Crippen MR) is 118 cm³/mol. The zero-order valence-corrected chi connectivity index (χ0v) is 17.7. The molecule has 8 nitrogen and oxygen atoms in total. The van der Waals surface area contributed by atoms with E-state index in [0.29, 0.717) is 18.3 Å². The molecular formula is C22H33N7O. The summed E-state index contributed by atoms with van der Waals surface area (Å²) in [6.07, 6.45) is 9.98.